The number of hydrogen-bond acceptors (Lipinski definition) is 5. The molecule has 0 bridgehead atoms. The van der Waals surface area contributed by atoms with E-state index >= 15 is 0 Å². The number of likely N-dealkylation sites (N-methyl/N-ethyl adjacent to an activating group) is 1. The van der Waals surface area contributed by atoms with Crippen LogP contribution in [-0.4, -0.2) is 69.9 Å². The molecule has 0 aliphatic carbocycles. The van der Waals surface area contributed by atoms with E-state index in [0.29, 0.717) is 37.8 Å². The predicted molar refractivity (Wildman–Crippen MR) is 116 cm³/mol. The van der Waals surface area contributed by atoms with Crippen molar-refractivity contribution in [2.45, 2.75) is 11.3 Å². The number of halogens is 1. The van der Waals surface area contributed by atoms with Gasteiger partial charge in [0.15, 0.2) is 0 Å². The minimum absolute atomic E-state index is 0.0195. The molecule has 9 heteroatoms. The molecule has 7 nitrogen and oxygen atoms in total. The number of anilines is 1. The molecule has 1 amide bonds. The first-order valence-electron chi connectivity index (χ1n) is 9.85. The molecule has 2 aliphatic heterocycles. The smallest absolute Gasteiger partial charge is 0.243 e. The van der Waals surface area contributed by atoms with Crippen molar-refractivity contribution in [3.05, 3.63) is 53.1 Å². The van der Waals surface area contributed by atoms with Crippen LogP contribution in [0.5, 0.6) is 5.75 Å². The fourth-order valence-electron chi connectivity index (χ4n) is 3.77. The van der Waals surface area contributed by atoms with Crippen LogP contribution >= 0.6 is 11.6 Å². The third-order valence-corrected chi connectivity index (χ3v) is 7.73. The molecular formula is C21H24ClN3O4S. The van der Waals surface area contributed by atoms with Crippen molar-refractivity contribution in [1.82, 2.24) is 9.21 Å². The lowest BCUT2D eigenvalue weighted by Crippen LogP contribution is -2.49. The molecule has 1 saturated heterocycles. The lowest BCUT2D eigenvalue weighted by atomic mass is 10.2. The molecule has 0 atom stereocenters. The van der Waals surface area contributed by atoms with Gasteiger partial charge in [0, 0.05) is 50.5 Å². The summed E-state index contributed by atoms with van der Waals surface area (Å²) in [4.78, 5) is 15.9. The summed E-state index contributed by atoms with van der Waals surface area (Å²) < 4.78 is 33.4. The number of carbonyl (C=O) groups is 1. The molecular weight excluding hydrogens is 426 g/mol. The zero-order valence-electron chi connectivity index (χ0n) is 16.8. The quantitative estimate of drug-likeness (QED) is 0.676. The first-order chi connectivity index (χ1) is 14.3. The maximum Gasteiger partial charge on any atom is 0.243 e. The minimum Gasteiger partial charge on any atom is -0.492 e. The molecule has 2 aromatic carbocycles. The zero-order valence-corrected chi connectivity index (χ0v) is 18.3. The number of amides is 1. The minimum atomic E-state index is -3.58. The van der Waals surface area contributed by atoms with Gasteiger partial charge in [-0.3, -0.25) is 9.69 Å². The summed E-state index contributed by atoms with van der Waals surface area (Å²) in [7, 11) is -1.87. The second kappa shape index (κ2) is 8.55. The van der Waals surface area contributed by atoms with E-state index in [4.69, 9.17) is 16.3 Å². The van der Waals surface area contributed by atoms with Gasteiger partial charge in [0.2, 0.25) is 15.9 Å². The Bertz CT molecular complexity index is 1030. The summed E-state index contributed by atoms with van der Waals surface area (Å²) in [5, 5.41) is 0.668. The van der Waals surface area contributed by atoms with E-state index in [1.807, 2.05) is 12.1 Å². The highest BCUT2D eigenvalue weighted by Gasteiger charge is 2.31. The summed E-state index contributed by atoms with van der Waals surface area (Å²) in [5.41, 5.74) is 1.55. The van der Waals surface area contributed by atoms with Crippen molar-refractivity contribution in [1.29, 1.82) is 0 Å². The Kier molecular flexibility index (Phi) is 6.02. The predicted octanol–water partition coefficient (Wildman–Crippen LogP) is 2.24. The van der Waals surface area contributed by atoms with Crippen LogP contribution in [0, 0.1) is 0 Å². The molecule has 160 valence electrons. The van der Waals surface area contributed by atoms with E-state index in [-0.39, 0.29) is 17.2 Å². The second-order valence-electron chi connectivity index (χ2n) is 7.47. The first kappa shape index (κ1) is 21.1. The Labute approximate surface area is 181 Å². The average molecular weight is 450 g/mol. The highest BCUT2D eigenvalue weighted by Crippen LogP contribution is 2.31. The third kappa shape index (κ3) is 4.32. The molecule has 0 radical (unpaired) electrons. The molecule has 4 rings (SSSR count). The van der Waals surface area contributed by atoms with Crippen LogP contribution in [-0.2, 0) is 21.2 Å². The highest BCUT2D eigenvalue weighted by molar-refractivity contribution is 7.89. The van der Waals surface area contributed by atoms with Gasteiger partial charge < -0.3 is 9.64 Å². The van der Waals surface area contributed by atoms with Gasteiger partial charge in [0.25, 0.3) is 0 Å². The fourth-order valence-corrected chi connectivity index (χ4v) is 5.37. The standard InChI is InChI=1S/C21H24ClN3O4S/c1-23-20-7-6-19(14-16(20)15-21(23)26)30(27,28)25-10-8-24(9-11-25)12-13-29-18-4-2-17(22)3-5-18/h2-7,14H,8-13,15H2,1H3. The Morgan fingerprint density at radius 3 is 2.43 bits per heavy atom. The number of benzene rings is 2. The van der Waals surface area contributed by atoms with Crippen LogP contribution in [0.2, 0.25) is 5.02 Å². The van der Waals surface area contributed by atoms with Crippen molar-refractivity contribution in [2.24, 2.45) is 0 Å². The van der Waals surface area contributed by atoms with Gasteiger partial charge in [-0.2, -0.15) is 4.31 Å². The molecule has 30 heavy (non-hydrogen) atoms. The van der Waals surface area contributed by atoms with E-state index in [2.05, 4.69) is 4.90 Å². The molecule has 0 aromatic heterocycles. The number of ether oxygens (including phenoxy) is 1. The van der Waals surface area contributed by atoms with Gasteiger partial charge in [-0.05, 0) is 48.0 Å². The van der Waals surface area contributed by atoms with Crippen LogP contribution in [0.1, 0.15) is 5.56 Å². The Hall–Kier alpha value is -2.13. The van der Waals surface area contributed by atoms with Gasteiger partial charge in [0.1, 0.15) is 12.4 Å². The molecule has 0 spiro atoms. The first-order valence-corrected chi connectivity index (χ1v) is 11.7. The topological polar surface area (TPSA) is 70.2 Å². The Morgan fingerprint density at radius 2 is 1.73 bits per heavy atom. The molecule has 1 fully saturated rings. The Morgan fingerprint density at radius 1 is 1.03 bits per heavy atom. The van der Waals surface area contributed by atoms with E-state index in [9.17, 15) is 13.2 Å². The van der Waals surface area contributed by atoms with E-state index in [1.165, 1.54) is 4.31 Å². The largest absolute Gasteiger partial charge is 0.492 e. The van der Waals surface area contributed by atoms with Gasteiger partial charge in [-0.25, -0.2) is 8.42 Å². The summed E-state index contributed by atoms with van der Waals surface area (Å²) in [6.07, 6.45) is 0.247. The molecule has 0 N–H and O–H groups in total. The van der Waals surface area contributed by atoms with Gasteiger partial charge in [0.05, 0.1) is 11.3 Å². The lowest BCUT2D eigenvalue weighted by Gasteiger charge is -2.33. The summed E-state index contributed by atoms with van der Waals surface area (Å²) in [5.74, 6) is 0.746. The van der Waals surface area contributed by atoms with Gasteiger partial charge >= 0.3 is 0 Å². The summed E-state index contributed by atoms with van der Waals surface area (Å²) in [6, 6.07) is 12.2. The highest BCUT2D eigenvalue weighted by atomic mass is 35.5. The summed E-state index contributed by atoms with van der Waals surface area (Å²) >= 11 is 5.87. The van der Waals surface area contributed by atoms with Crippen molar-refractivity contribution in [3.8, 4) is 5.75 Å². The van der Waals surface area contributed by atoms with E-state index in [1.54, 1.807) is 42.3 Å². The van der Waals surface area contributed by atoms with Gasteiger partial charge in [-0.1, -0.05) is 11.6 Å². The lowest BCUT2D eigenvalue weighted by molar-refractivity contribution is -0.117. The zero-order chi connectivity index (χ0) is 21.3. The van der Waals surface area contributed by atoms with Crippen LogP contribution < -0.4 is 9.64 Å². The number of fused-ring (bicyclic) bond motifs is 1. The van der Waals surface area contributed by atoms with Crippen LogP contribution in [0.4, 0.5) is 5.69 Å². The van der Waals surface area contributed by atoms with Crippen molar-refractivity contribution < 1.29 is 17.9 Å². The second-order valence-corrected chi connectivity index (χ2v) is 9.84. The van der Waals surface area contributed by atoms with E-state index < -0.39 is 10.0 Å². The van der Waals surface area contributed by atoms with Crippen molar-refractivity contribution >= 4 is 33.2 Å². The number of carbonyl (C=O) groups excluding carboxylic acids is 1. The van der Waals surface area contributed by atoms with Crippen molar-refractivity contribution in [2.75, 3.05) is 51.3 Å². The normalized spacial score (nSPS) is 17.9. The number of piperazine rings is 1. The van der Waals surface area contributed by atoms with E-state index in [0.717, 1.165) is 23.5 Å². The average Bonchev–Trinajstić information content (AvgIpc) is 3.03. The molecule has 0 unspecified atom stereocenters. The van der Waals surface area contributed by atoms with Crippen LogP contribution in [0.15, 0.2) is 47.4 Å². The summed E-state index contributed by atoms with van der Waals surface area (Å²) in [6.45, 7) is 3.41. The SMILES string of the molecule is CN1C(=O)Cc2cc(S(=O)(=O)N3CCN(CCOc4ccc(Cl)cc4)CC3)ccc21. The number of hydrogen-bond donors (Lipinski definition) is 0. The van der Waals surface area contributed by atoms with Crippen LogP contribution in [0.25, 0.3) is 0 Å². The monoisotopic (exact) mass is 449 g/mol. The molecule has 2 aromatic rings. The molecule has 0 saturated carbocycles. The maximum atomic E-state index is 13.1. The third-order valence-electron chi connectivity index (χ3n) is 5.59. The number of nitrogens with zero attached hydrogens (tertiary/aromatic N) is 3. The van der Waals surface area contributed by atoms with Crippen molar-refractivity contribution in [3.63, 3.8) is 0 Å². The fraction of sp³-hybridized carbons (Fsp3) is 0.381. The van der Waals surface area contributed by atoms with Gasteiger partial charge in [-0.15, -0.1) is 0 Å². The maximum absolute atomic E-state index is 13.1. The number of sulfonamides is 1. The molecule has 2 heterocycles. The van der Waals surface area contributed by atoms with Crippen LogP contribution in [0.3, 0.4) is 0 Å². The Balaban J connectivity index is 1.32. The molecule has 2 aliphatic rings. The number of rotatable bonds is 6.